The van der Waals surface area contributed by atoms with Crippen LogP contribution in [0.4, 0.5) is 0 Å². The van der Waals surface area contributed by atoms with Gasteiger partial charge in [-0.3, -0.25) is 4.79 Å². The summed E-state index contributed by atoms with van der Waals surface area (Å²) in [7, 11) is 2.02. The first-order valence-corrected chi connectivity index (χ1v) is 9.36. The summed E-state index contributed by atoms with van der Waals surface area (Å²) in [5.41, 5.74) is 1.57. The molecular weight excluding hydrogens is 294 g/mol. The van der Waals surface area contributed by atoms with Crippen molar-refractivity contribution in [2.75, 3.05) is 20.1 Å². The van der Waals surface area contributed by atoms with E-state index in [0.29, 0.717) is 11.3 Å². The van der Waals surface area contributed by atoms with Gasteiger partial charge in [0.05, 0.1) is 21.6 Å². The molecule has 2 heterocycles. The molecule has 1 amide bonds. The van der Waals surface area contributed by atoms with E-state index in [1.807, 2.05) is 7.05 Å². The second-order valence-electron chi connectivity index (χ2n) is 7.27. The van der Waals surface area contributed by atoms with E-state index >= 15 is 0 Å². The van der Waals surface area contributed by atoms with Gasteiger partial charge in [0, 0.05) is 13.0 Å². The fourth-order valence-electron chi connectivity index (χ4n) is 4.46. The van der Waals surface area contributed by atoms with Crippen LogP contribution in [0, 0.1) is 18.3 Å². The Hall–Kier alpha value is -0.940. The van der Waals surface area contributed by atoms with Gasteiger partial charge in [-0.1, -0.05) is 0 Å². The maximum absolute atomic E-state index is 13.0. The van der Waals surface area contributed by atoms with Crippen molar-refractivity contribution < 1.29 is 4.79 Å². The number of nitrogens with one attached hydrogen (secondary N) is 1. The number of hydrogen-bond acceptors (Lipinski definition) is 4. The Kier molecular flexibility index (Phi) is 3.53. The SMILES string of the molecule is Cc1nc2c(s1)C(N(C)C(=O)C1CC13CCNCC3)CCC2. The summed E-state index contributed by atoms with van der Waals surface area (Å²) in [6.07, 6.45) is 6.78. The van der Waals surface area contributed by atoms with Crippen LogP contribution in [0.5, 0.6) is 0 Å². The van der Waals surface area contributed by atoms with E-state index in [1.165, 1.54) is 23.4 Å². The van der Waals surface area contributed by atoms with Crippen molar-refractivity contribution >= 4 is 17.2 Å². The number of aromatic nitrogens is 1. The second kappa shape index (κ2) is 5.31. The molecule has 3 aliphatic rings. The van der Waals surface area contributed by atoms with E-state index in [1.54, 1.807) is 11.3 Å². The lowest BCUT2D eigenvalue weighted by molar-refractivity contribution is -0.134. The van der Waals surface area contributed by atoms with Crippen molar-refractivity contribution in [1.82, 2.24) is 15.2 Å². The first-order chi connectivity index (χ1) is 10.6. The molecule has 22 heavy (non-hydrogen) atoms. The lowest BCUT2D eigenvalue weighted by Crippen LogP contribution is -2.37. The summed E-state index contributed by atoms with van der Waals surface area (Å²) >= 11 is 1.79. The van der Waals surface area contributed by atoms with Crippen LogP contribution >= 0.6 is 11.3 Å². The average molecular weight is 319 g/mol. The lowest BCUT2D eigenvalue weighted by Gasteiger charge is -2.32. The Labute approximate surface area is 136 Å². The molecule has 1 aromatic rings. The number of nitrogens with zero attached hydrogens (tertiary/aromatic N) is 2. The van der Waals surface area contributed by atoms with Crippen molar-refractivity contribution in [3.8, 4) is 0 Å². The molecular formula is C17H25N3OS. The molecule has 4 nitrogen and oxygen atoms in total. The van der Waals surface area contributed by atoms with Crippen LogP contribution in [0.25, 0.3) is 0 Å². The Morgan fingerprint density at radius 1 is 1.41 bits per heavy atom. The van der Waals surface area contributed by atoms with Crippen LogP contribution in [0.3, 0.4) is 0 Å². The van der Waals surface area contributed by atoms with Crippen LogP contribution in [-0.4, -0.2) is 35.9 Å². The lowest BCUT2D eigenvalue weighted by atomic mass is 9.91. The fourth-order valence-corrected chi connectivity index (χ4v) is 5.61. The topological polar surface area (TPSA) is 45.2 Å². The molecule has 1 spiro atoms. The number of hydrogen-bond donors (Lipinski definition) is 1. The molecule has 1 saturated heterocycles. The molecule has 1 N–H and O–H groups in total. The van der Waals surface area contributed by atoms with Crippen LogP contribution in [0.1, 0.15) is 53.7 Å². The van der Waals surface area contributed by atoms with Gasteiger partial charge in [-0.2, -0.15) is 0 Å². The van der Waals surface area contributed by atoms with Gasteiger partial charge in [0.15, 0.2) is 0 Å². The Bertz CT molecular complexity index is 591. The number of rotatable bonds is 2. The predicted molar refractivity (Wildman–Crippen MR) is 87.9 cm³/mol. The average Bonchev–Trinajstić information content (AvgIpc) is 3.05. The summed E-state index contributed by atoms with van der Waals surface area (Å²) in [4.78, 5) is 21.0. The Morgan fingerprint density at radius 2 is 2.18 bits per heavy atom. The summed E-state index contributed by atoms with van der Waals surface area (Å²) < 4.78 is 0. The van der Waals surface area contributed by atoms with Gasteiger partial charge in [0.2, 0.25) is 5.91 Å². The zero-order valence-corrected chi connectivity index (χ0v) is 14.3. The Morgan fingerprint density at radius 3 is 2.95 bits per heavy atom. The number of thiazole rings is 1. The molecule has 0 radical (unpaired) electrons. The summed E-state index contributed by atoms with van der Waals surface area (Å²) in [5, 5.41) is 4.55. The number of amides is 1. The van der Waals surface area contributed by atoms with Crippen molar-refractivity contribution in [3.05, 3.63) is 15.6 Å². The minimum absolute atomic E-state index is 0.266. The van der Waals surface area contributed by atoms with E-state index in [9.17, 15) is 4.79 Å². The third kappa shape index (κ3) is 2.29. The molecule has 1 aromatic heterocycles. The van der Waals surface area contributed by atoms with E-state index in [4.69, 9.17) is 0 Å². The van der Waals surface area contributed by atoms with E-state index < -0.39 is 0 Å². The highest BCUT2D eigenvalue weighted by Gasteiger charge is 2.58. The molecule has 5 heteroatoms. The summed E-state index contributed by atoms with van der Waals surface area (Å²) in [6.45, 7) is 4.23. The smallest absolute Gasteiger partial charge is 0.226 e. The zero-order valence-electron chi connectivity index (χ0n) is 13.5. The van der Waals surface area contributed by atoms with Gasteiger partial charge in [0.1, 0.15) is 0 Å². The molecule has 2 fully saturated rings. The second-order valence-corrected chi connectivity index (χ2v) is 8.50. The maximum atomic E-state index is 13.0. The normalized spacial score (nSPS) is 29.2. The van der Waals surface area contributed by atoms with Gasteiger partial charge in [-0.15, -0.1) is 11.3 Å². The third-order valence-corrected chi connectivity index (χ3v) is 7.04. The van der Waals surface area contributed by atoms with E-state index in [-0.39, 0.29) is 12.0 Å². The fraction of sp³-hybridized carbons (Fsp3) is 0.765. The van der Waals surface area contributed by atoms with Gasteiger partial charge in [0.25, 0.3) is 0 Å². The van der Waals surface area contributed by atoms with Gasteiger partial charge in [-0.25, -0.2) is 4.98 Å². The van der Waals surface area contributed by atoms with E-state index in [0.717, 1.165) is 43.8 Å². The third-order valence-electron chi connectivity index (χ3n) is 5.93. The number of carbonyl (C=O) groups is 1. The summed E-state index contributed by atoms with van der Waals surface area (Å²) in [5.74, 6) is 0.657. The largest absolute Gasteiger partial charge is 0.338 e. The van der Waals surface area contributed by atoms with Crippen LogP contribution < -0.4 is 5.32 Å². The molecule has 0 aromatic carbocycles. The van der Waals surface area contributed by atoms with Gasteiger partial charge >= 0.3 is 0 Å². The number of carbonyl (C=O) groups excluding carboxylic acids is 1. The van der Waals surface area contributed by atoms with Gasteiger partial charge < -0.3 is 10.2 Å². The van der Waals surface area contributed by atoms with Crippen LogP contribution in [-0.2, 0) is 11.2 Å². The highest BCUT2D eigenvalue weighted by atomic mass is 32.1. The standard InChI is InChI=1S/C17H25N3OS/c1-11-19-13-4-3-5-14(15(13)22-11)20(2)16(21)12-10-17(12)6-8-18-9-7-17/h12,14,18H,3-10H2,1-2H3. The number of fused-ring (bicyclic) bond motifs is 1. The summed E-state index contributed by atoms with van der Waals surface area (Å²) in [6, 6.07) is 0.266. The molecule has 1 saturated carbocycles. The molecule has 120 valence electrons. The van der Waals surface area contributed by atoms with Crippen molar-refractivity contribution in [3.63, 3.8) is 0 Å². The molecule has 4 rings (SSSR count). The van der Waals surface area contributed by atoms with Crippen LogP contribution in [0.2, 0.25) is 0 Å². The first-order valence-electron chi connectivity index (χ1n) is 8.54. The first kappa shape index (κ1) is 14.6. The monoisotopic (exact) mass is 319 g/mol. The number of aryl methyl sites for hydroxylation is 2. The predicted octanol–water partition coefficient (Wildman–Crippen LogP) is 2.68. The molecule has 0 bridgehead atoms. The van der Waals surface area contributed by atoms with Crippen molar-refractivity contribution in [2.24, 2.45) is 11.3 Å². The maximum Gasteiger partial charge on any atom is 0.226 e. The minimum Gasteiger partial charge on any atom is -0.338 e. The molecule has 2 atom stereocenters. The van der Waals surface area contributed by atoms with Crippen LogP contribution in [0.15, 0.2) is 0 Å². The van der Waals surface area contributed by atoms with E-state index in [2.05, 4.69) is 22.1 Å². The molecule has 2 unspecified atom stereocenters. The zero-order chi connectivity index (χ0) is 15.3. The van der Waals surface area contributed by atoms with Gasteiger partial charge in [-0.05, 0) is 64.0 Å². The Balaban J connectivity index is 1.50. The molecule has 1 aliphatic heterocycles. The highest BCUT2D eigenvalue weighted by molar-refractivity contribution is 7.11. The minimum atomic E-state index is 0.266. The van der Waals surface area contributed by atoms with Crippen molar-refractivity contribution in [2.45, 2.75) is 51.5 Å². The van der Waals surface area contributed by atoms with Crippen molar-refractivity contribution in [1.29, 1.82) is 0 Å². The highest BCUT2D eigenvalue weighted by Crippen LogP contribution is 2.59. The number of piperidine rings is 1. The molecule has 2 aliphatic carbocycles. The quantitative estimate of drug-likeness (QED) is 0.911.